The zero-order chi connectivity index (χ0) is 22.6. The van der Waals surface area contributed by atoms with Gasteiger partial charge < -0.3 is 14.2 Å². The SMILES string of the molecule is CCCCc1ccc(OCC(=O)N/N=C/c2ccc(OC(C)=O)cc2OC(C)=O)cc1. The molecule has 2 aromatic carbocycles. The van der Waals surface area contributed by atoms with Crippen molar-refractivity contribution >= 4 is 24.1 Å². The van der Waals surface area contributed by atoms with Gasteiger partial charge in [0.15, 0.2) is 6.61 Å². The maximum atomic E-state index is 12.0. The lowest BCUT2D eigenvalue weighted by Gasteiger charge is -2.08. The molecule has 164 valence electrons. The van der Waals surface area contributed by atoms with Crippen molar-refractivity contribution in [2.24, 2.45) is 5.10 Å². The normalized spacial score (nSPS) is 10.5. The molecule has 2 rings (SSSR count). The van der Waals surface area contributed by atoms with Crippen LogP contribution in [-0.4, -0.2) is 30.7 Å². The van der Waals surface area contributed by atoms with Crippen molar-refractivity contribution in [3.8, 4) is 17.2 Å². The highest BCUT2D eigenvalue weighted by Gasteiger charge is 2.09. The van der Waals surface area contributed by atoms with Crippen LogP contribution in [0.5, 0.6) is 17.2 Å². The standard InChI is InChI=1S/C23H26N2O6/c1-4-5-6-18-7-10-20(11-8-18)29-15-23(28)25-24-14-19-9-12-21(30-16(2)26)13-22(19)31-17(3)27/h7-14H,4-6,15H2,1-3H3,(H,25,28)/b24-14+. The van der Waals surface area contributed by atoms with Crippen LogP contribution >= 0.6 is 0 Å². The molecule has 8 heteroatoms. The Morgan fingerprint density at radius 2 is 1.65 bits per heavy atom. The third-order valence-corrected chi connectivity index (χ3v) is 4.01. The molecule has 2 aromatic rings. The molecule has 0 radical (unpaired) electrons. The van der Waals surface area contributed by atoms with Gasteiger partial charge in [0.25, 0.3) is 5.91 Å². The van der Waals surface area contributed by atoms with E-state index in [0.29, 0.717) is 11.3 Å². The second-order valence-electron chi connectivity index (χ2n) is 6.72. The molecule has 0 unspecified atom stereocenters. The molecular weight excluding hydrogens is 400 g/mol. The lowest BCUT2D eigenvalue weighted by molar-refractivity contribution is -0.132. The summed E-state index contributed by atoms with van der Waals surface area (Å²) in [7, 11) is 0. The fourth-order valence-electron chi connectivity index (χ4n) is 2.58. The van der Waals surface area contributed by atoms with E-state index in [4.69, 9.17) is 14.2 Å². The number of hydrogen-bond acceptors (Lipinski definition) is 7. The molecule has 0 fully saturated rings. The van der Waals surface area contributed by atoms with Crippen LogP contribution in [-0.2, 0) is 20.8 Å². The lowest BCUT2D eigenvalue weighted by atomic mass is 10.1. The number of nitrogens with zero attached hydrogens (tertiary/aromatic N) is 1. The Morgan fingerprint density at radius 3 is 2.29 bits per heavy atom. The summed E-state index contributed by atoms with van der Waals surface area (Å²) in [5, 5.41) is 3.86. The van der Waals surface area contributed by atoms with Crippen molar-refractivity contribution in [1.82, 2.24) is 5.43 Å². The first-order chi connectivity index (χ1) is 14.9. The molecule has 8 nitrogen and oxygen atoms in total. The van der Waals surface area contributed by atoms with Crippen LogP contribution in [0.1, 0.15) is 44.7 Å². The molecule has 1 amide bonds. The van der Waals surface area contributed by atoms with Gasteiger partial charge in [-0.1, -0.05) is 25.5 Å². The highest BCUT2D eigenvalue weighted by Crippen LogP contribution is 2.24. The summed E-state index contributed by atoms with van der Waals surface area (Å²) in [5.41, 5.74) is 3.99. The fraction of sp³-hybridized carbons (Fsp3) is 0.304. The predicted octanol–water partition coefficient (Wildman–Crippen LogP) is 3.41. The number of amides is 1. The van der Waals surface area contributed by atoms with E-state index in [0.717, 1.165) is 19.3 Å². The molecule has 0 heterocycles. The summed E-state index contributed by atoms with van der Waals surface area (Å²) in [6, 6.07) is 12.1. The Balaban J connectivity index is 1.91. The topological polar surface area (TPSA) is 103 Å². The zero-order valence-electron chi connectivity index (χ0n) is 17.8. The van der Waals surface area contributed by atoms with Gasteiger partial charge >= 0.3 is 11.9 Å². The molecule has 1 N–H and O–H groups in total. The number of carbonyl (C=O) groups excluding carboxylic acids is 3. The second kappa shape index (κ2) is 12.1. The molecular formula is C23H26N2O6. The number of aryl methyl sites for hydroxylation is 1. The minimum atomic E-state index is -0.548. The molecule has 31 heavy (non-hydrogen) atoms. The van der Waals surface area contributed by atoms with Gasteiger partial charge in [-0.15, -0.1) is 0 Å². The van der Waals surface area contributed by atoms with Crippen molar-refractivity contribution in [2.45, 2.75) is 40.0 Å². The van der Waals surface area contributed by atoms with Gasteiger partial charge in [-0.3, -0.25) is 14.4 Å². The van der Waals surface area contributed by atoms with E-state index in [9.17, 15) is 14.4 Å². The summed E-state index contributed by atoms with van der Waals surface area (Å²) in [6.45, 7) is 4.45. The molecule has 0 bridgehead atoms. The number of carbonyl (C=O) groups is 3. The first-order valence-corrected chi connectivity index (χ1v) is 9.92. The van der Waals surface area contributed by atoms with Crippen molar-refractivity contribution in [3.05, 3.63) is 53.6 Å². The second-order valence-corrected chi connectivity index (χ2v) is 6.72. The smallest absolute Gasteiger partial charge is 0.308 e. The monoisotopic (exact) mass is 426 g/mol. The van der Waals surface area contributed by atoms with Crippen LogP contribution in [0.15, 0.2) is 47.6 Å². The molecule has 0 aliphatic heterocycles. The minimum absolute atomic E-state index is 0.142. The summed E-state index contributed by atoms with van der Waals surface area (Å²) >= 11 is 0. The van der Waals surface area contributed by atoms with Crippen LogP contribution in [0.2, 0.25) is 0 Å². The van der Waals surface area contributed by atoms with E-state index in [1.807, 2.05) is 24.3 Å². The van der Waals surface area contributed by atoms with Crippen LogP contribution in [0.25, 0.3) is 0 Å². The van der Waals surface area contributed by atoms with Crippen LogP contribution < -0.4 is 19.6 Å². The zero-order valence-corrected chi connectivity index (χ0v) is 17.8. The van der Waals surface area contributed by atoms with Crippen LogP contribution in [0.4, 0.5) is 0 Å². The van der Waals surface area contributed by atoms with Crippen molar-refractivity contribution in [3.63, 3.8) is 0 Å². The Labute approximate surface area is 181 Å². The van der Waals surface area contributed by atoms with E-state index in [2.05, 4.69) is 17.5 Å². The van der Waals surface area contributed by atoms with Gasteiger partial charge in [0, 0.05) is 25.5 Å². The first-order valence-electron chi connectivity index (χ1n) is 9.92. The maximum absolute atomic E-state index is 12.0. The maximum Gasteiger partial charge on any atom is 0.308 e. The van der Waals surface area contributed by atoms with Gasteiger partial charge in [-0.05, 0) is 42.7 Å². The molecule has 0 aliphatic carbocycles. The van der Waals surface area contributed by atoms with Gasteiger partial charge in [0.05, 0.1) is 6.21 Å². The number of ether oxygens (including phenoxy) is 3. The highest BCUT2D eigenvalue weighted by atomic mass is 16.5. The third kappa shape index (κ3) is 8.69. The van der Waals surface area contributed by atoms with E-state index in [1.165, 1.54) is 37.8 Å². The molecule has 0 atom stereocenters. The number of rotatable bonds is 10. The lowest BCUT2D eigenvalue weighted by Crippen LogP contribution is -2.24. The van der Waals surface area contributed by atoms with Crippen molar-refractivity contribution in [1.29, 1.82) is 0 Å². The summed E-state index contributed by atoms with van der Waals surface area (Å²) < 4.78 is 15.5. The third-order valence-electron chi connectivity index (χ3n) is 4.01. The number of hydrazone groups is 1. The van der Waals surface area contributed by atoms with E-state index in [1.54, 1.807) is 6.07 Å². The van der Waals surface area contributed by atoms with Crippen molar-refractivity contribution < 1.29 is 28.6 Å². The van der Waals surface area contributed by atoms with E-state index < -0.39 is 17.8 Å². The minimum Gasteiger partial charge on any atom is -0.484 e. The number of esters is 2. The Morgan fingerprint density at radius 1 is 0.968 bits per heavy atom. The van der Waals surface area contributed by atoms with Gasteiger partial charge in [0.1, 0.15) is 17.2 Å². The highest BCUT2D eigenvalue weighted by molar-refractivity contribution is 5.87. The average Bonchev–Trinajstić information content (AvgIpc) is 2.72. The molecule has 0 saturated heterocycles. The number of hydrogen-bond donors (Lipinski definition) is 1. The molecule has 0 aliphatic rings. The van der Waals surface area contributed by atoms with Crippen LogP contribution in [0, 0.1) is 0 Å². The Kier molecular flexibility index (Phi) is 9.22. The summed E-state index contributed by atoms with van der Waals surface area (Å²) in [4.78, 5) is 34.4. The Hall–Kier alpha value is -3.68. The van der Waals surface area contributed by atoms with Crippen LogP contribution in [0.3, 0.4) is 0 Å². The predicted molar refractivity (Wildman–Crippen MR) is 115 cm³/mol. The average molecular weight is 426 g/mol. The fourth-order valence-corrected chi connectivity index (χ4v) is 2.58. The van der Waals surface area contributed by atoms with Gasteiger partial charge in [0.2, 0.25) is 0 Å². The van der Waals surface area contributed by atoms with E-state index >= 15 is 0 Å². The summed E-state index contributed by atoms with van der Waals surface area (Å²) in [6.07, 6.45) is 4.60. The Bertz CT molecular complexity index is 938. The number of benzene rings is 2. The quantitative estimate of drug-likeness (QED) is 0.270. The molecule has 0 saturated carbocycles. The van der Waals surface area contributed by atoms with Gasteiger partial charge in [-0.2, -0.15) is 5.10 Å². The first kappa shape index (κ1) is 23.6. The van der Waals surface area contributed by atoms with Crippen molar-refractivity contribution in [2.75, 3.05) is 6.61 Å². The molecule has 0 spiro atoms. The molecule has 0 aromatic heterocycles. The number of unbranched alkanes of at least 4 members (excludes halogenated alkanes) is 1. The van der Waals surface area contributed by atoms with E-state index in [-0.39, 0.29) is 18.1 Å². The number of nitrogens with one attached hydrogen (secondary N) is 1. The summed E-state index contributed by atoms with van der Waals surface area (Å²) in [5.74, 6) is -0.539. The van der Waals surface area contributed by atoms with Gasteiger partial charge in [-0.25, -0.2) is 5.43 Å². The largest absolute Gasteiger partial charge is 0.484 e.